The molecule has 1 aromatic rings. The minimum Gasteiger partial charge on any atom is -0.330 e. The van der Waals surface area contributed by atoms with Crippen LogP contribution in [0.5, 0.6) is 0 Å². The molecule has 1 heterocycles. The first-order chi connectivity index (χ1) is 6.61. The van der Waals surface area contributed by atoms with Crippen LogP contribution in [0, 0.1) is 12.8 Å². The molecule has 1 aromatic heterocycles. The number of hydrogen-bond donors (Lipinski definition) is 1. The second-order valence-corrected chi connectivity index (χ2v) is 4.03. The van der Waals surface area contributed by atoms with Gasteiger partial charge in [0.25, 0.3) is 0 Å². The van der Waals surface area contributed by atoms with Crippen LogP contribution in [0.3, 0.4) is 0 Å². The van der Waals surface area contributed by atoms with Gasteiger partial charge in [0, 0.05) is 17.8 Å². The average Bonchev–Trinajstić information content (AvgIpc) is 2.01. The fourth-order valence-corrected chi connectivity index (χ4v) is 1.50. The first kappa shape index (κ1) is 11.1. The van der Waals surface area contributed by atoms with Crippen molar-refractivity contribution in [2.45, 2.75) is 33.6 Å². The van der Waals surface area contributed by atoms with E-state index in [-0.39, 0.29) is 0 Å². The Morgan fingerprint density at radius 2 is 1.93 bits per heavy atom. The summed E-state index contributed by atoms with van der Waals surface area (Å²) in [5.41, 5.74) is 7.70. The van der Waals surface area contributed by atoms with Crippen LogP contribution in [-0.4, -0.2) is 16.5 Å². The summed E-state index contributed by atoms with van der Waals surface area (Å²) in [6.45, 7) is 6.97. The molecular formula is C11H19N3. The Labute approximate surface area is 85.8 Å². The average molecular weight is 193 g/mol. The molecule has 0 saturated carbocycles. The van der Waals surface area contributed by atoms with Crippen LogP contribution >= 0.6 is 0 Å². The molecule has 0 spiro atoms. The van der Waals surface area contributed by atoms with Crippen LogP contribution in [-0.2, 0) is 12.8 Å². The number of nitrogens with zero attached hydrogens (tertiary/aromatic N) is 2. The molecule has 78 valence electrons. The van der Waals surface area contributed by atoms with Crippen molar-refractivity contribution in [2.24, 2.45) is 11.7 Å². The first-order valence-electron chi connectivity index (χ1n) is 5.15. The van der Waals surface area contributed by atoms with E-state index < -0.39 is 0 Å². The van der Waals surface area contributed by atoms with Crippen LogP contribution in [0.15, 0.2) is 6.07 Å². The molecular weight excluding hydrogens is 174 g/mol. The van der Waals surface area contributed by atoms with Gasteiger partial charge in [0.15, 0.2) is 0 Å². The molecule has 0 radical (unpaired) electrons. The van der Waals surface area contributed by atoms with Gasteiger partial charge < -0.3 is 5.73 Å². The lowest BCUT2D eigenvalue weighted by Crippen LogP contribution is -2.08. The molecule has 14 heavy (non-hydrogen) atoms. The van der Waals surface area contributed by atoms with Crippen molar-refractivity contribution in [3.63, 3.8) is 0 Å². The molecule has 2 N–H and O–H groups in total. The Balaban J connectivity index is 2.83. The van der Waals surface area contributed by atoms with Gasteiger partial charge in [-0.05, 0) is 31.9 Å². The molecule has 0 atom stereocenters. The summed E-state index contributed by atoms with van der Waals surface area (Å²) in [5, 5.41) is 0. The first-order valence-corrected chi connectivity index (χ1v) is 5.15. The highest BCUT2D eigenvalue weighted by Crippen LogP contribution is 2.07. The van der Waals surface area contributed by atoms with Crippen molar-refractivity contribution in [1.29, 1.82) is 0 Å². The summed E-state index contributed by atoms with van der Waals surface area (Å²) in [6.07, 6.45) is 1.86. The molecule has 0 unspecified atom stereocenters. The summed E-state index contributed by atoms with van der Waals surface area (Å²) in [4.78, 5) is 8.74. The van der Waals surface area contributed by atoms with Gasteiger partial charge in [0.05, 0.1) is 0 Å². The van der Waals surface area contributed by atoms with Gasteiger partial charge in [-0.15, -0.1) is 0 Å². The second kappa shape index (κ2) is 5.05. The molecule has 3 heteroatoms. The summed E-state index contributed by atoms with van der Waals surface area (Å²) in [5.74, 6) is 1.49. The molecule has 0 aliphatic heterocycles. The molecule has 0 amide bonds. The quantitative estimate of drug-likeness (QED) is 0.788. The molecule has 1 rings (SSSR count). The lowest BCUT2D eigenvalue weighted by atomic mass is 10.1. The predicted octanol–water partition coefficient (Wildman–Crippen LogP) is 1.48. The van der Waals surface area contributed by atoms with Crippen molar-refractivity contribution < 1.29 is 0 Å². The Morgan fingerprint density at radius 1 is 1.29 bits per heavy atom. The molecule has 0 fully saturated rings. The monoisotopic (exact) mass is 193 g/mol. The fourth-order valence-electron chi connectivity index (χ4n) is 1.50. The second-order valence-electron chi connectivity index (χ2n) is 4.03. The Bertz CT molecular complexity index is 295. The summed E-state index contributed by atoms with van der Waals surface area (Å²) in [6, 6.07) is 2.07. The van der Waals surface area contributed by atoms with E-state index in [0.717, 1.165) is 30.1 Å². The minimum atomic E-state index is 0.634. The standard InChI is InChI=1S/C11H19N3/c1-8(2)6-11-7-10(4-5-12)13-9(3)14-11/h7-8H,4-6,12H2,1-3H3. The van der Waals surface area contributed by atoms with Gasteiger partial charge >= 0.3 is 0 Å². The third-order valence-corrected chi connectivity index (χ3v) is 1.96. The third-order valence-electron chi connectivity index (χ3n) is 1.96. The van der Waals surface area contributed by atoms with E-state index in [2.05, 4.69) is 29.9 Å². The number of hydrogen-bond acceptors (Lipinski definition) is 3. The smallest absolute Gasteiger partial charge is 0.125 e. The van der Waals surface area contributed by atoms with Crippen LogP contribution in [0.25, 0.3) is 0 Å². The van der Waals surface area contributed by atoms with Crippen molar-refractivity contribution in [3.05, 3.63) is 23.3 Å². The van der Waals surface area contributed by atoms with E-state index >= 15 is 0 Å². The maximum absolute atomic E-state index is 5.50. The number of rotatable bonds is 4. The van der Waals surface area contributed by atoms with Crippen molar-refractivity contribution in [1.82, 2.24) is 9.97 Å². The fraction of sp³-hybridized carbons (Fsp3) is 0.636. The SMILES string of the molecule is Cc1nc(CCN)cc(CC(C)C)n1. The molecule has 0 aliphatic carbocycles. The van der Waals surface area contributed by atoms with Gasteiger partial charge in [0.2, 0.25) is 0 Å². The summed E-state index contributed by atoms with van der Waals surface area (Å²) in [7, 11) is 0. The van der Waals surface area contributed by atoms with E-state index in [4.69, 9.17) is 5.73 Å². The lowest BCUT2D eigenvalue weighted by molar-refractivity contribution is 0.630. The highest BCUT2D eigenvalue weighted by atomic mass is 14.9. The number of aryl methyl sites for hydroxylation is 1. The van der Waals surface area contributed by atoms with Crippen molar-refractivity contribution in [3.8, 4) is 0 Å². The molecule has 3 nitrogen and oxygen atoms in total. The predicted molar refractivity (Wildman–Crippen MR) is 58.1 cm³/mol. The normalized spacial score (nSPS) is 10.9. The largest absolute Gasteiger partial charge is 0.330 e. The maximum Gasteiger partial charge on any atom is 0.125 e. The zero-order chi connectivity index (χ0) is 10.6. The Hall–Kier alpha value is -0.960. The van der Waals surface area contributed by atoms with E-state index in [1.165, 1.54) is 0 Å². The van der Waals surface area contributed by atoms with Gasteiger partial charge in [-0.2, -0.15) is 0 Å². The van der Waals surface area contributed by atoms with Gasteiger partial charge in [-0.3, -0.25) is 0 Å². The third kappa shape index (κ3) is 3.42. The zero-order valence-corrected chi connectivity index (χ0v) is 9.25. The van der Waals surface area contributed by atoms with Crippen LogP contribution in [0.4, 0.5) is 0 Å². The van der Waals surface area contributed by atoms with Crippen molar-refractivity contribution >= 4 is 0 Å². The molecule has 0 aliphatic rings. The van der Waals surface area contributed by atoms with Crippen LogP contribution in [0.1, 0.15) is 31.1 Å². The number of nitrogens with two attached hydrogens (primary N) is 1. The lowest BCUT2D eigenvalue weighted by Gasteiger charge is -2.07. The zero-order valence-electron chi connectivity index (χ0n) is 9.25. The highest BCUT2D eigenvalue weighted by molar-refractivity contribution is 5.11. The van der Waals surface area contributed by atoms with Gasteiger partial charge in [-0.25, -0.2) is 9.97 Å². The summed E-state index contributed by atoms with van der Waals surface area (Å²) >= 11 is 0. The Morgan fingerprint density at radius 3 is 2.50 bits per heavy atom. The minimum absolute atomic E-state index is 0.634. The number of aromatic nitrogens is 2. The van der Waals surface area contributed by atoms with Crippen molar-refractivity contribution in [2.75, 3.05) is 6.54 Å². The van der Waals surface area contributed by atoms with E-state index in [9.17, 15) is 0 Å². The summed E-state index contributed by atoms with van der Waals surface area (Å²) < 4.78 is 0. The van der Waals surface area contributed by atoms with E-state index in [0.29, 0.717) is 12.5 Å². The Kier molecular flexibility index (Phi) is 4.01. The molecule has 0 saturated heterocycles. The van der Waals surface area contributed by atoms with Crippen LogP contribution in [0.2, 0.25) is 0 Å². The van der Waals surface area contributed by atoms with Crippen LogP contribution < -0.4 is 5.73 Å². The van der Waals surface area contributed by atoms with Gasteiger partial charge in [-0.1, -0.05) is 13.8 Å². The molecule has 0 aromatic carbocycles. The van der Waals surface area contributed by atoms with E-state index in [1.807, 2.05) is 6.92 Å². The van der Waals surface area contributed by atoms with Gasteiger partial charge in [0.1, 0.15) is 5.82 Å². The highest BCUT2D eigenvalue weighted by Gasteiger charge is 2.03. The molecule has 0 bridgehead atoms. The van der Waals surface area contributed by atoms with E-state index in [1.54, 1.807) is 0 Å². The topological polar surface area (TPSA) is 51.8 Å². The maximum atomic E-state index is 5.50.